The molecule has 2 heterocycles. The van der Waals surface area contributed by atoms with E-state index in [2.05, 4.69) is 37.4 Å². The Hall–Kier alpha value is -2.37. The van der Waals surface area contributed by atoms with Crippen LogP contribution in [0.1, 0.15) is 32.1 Å². The summed E-state index contributed by atoms with van der Waals surface area (Å²) >= 11 is 0. The minimum Gasteiger partial charge on any atom is -0.392 e. The monoisotopic (exact) mass is 312 g/mol. The molecule has 3 rings (SSSR count). The van der Waals surface area contributed by atoms with Crippen molar-refractivity contribution in [3.63, 3.8) is 0 Å². The Kier molecular flexibility index (Phi) is 4.90. The Balaban J connectivity index is 1.81. The summed E-state index contributed by atoms with van der Waals surface area (Å²) in [5, 5.41) is 14.4. The van der Waals surface area contributed by atoms with Gasteiger partial charge in [-0.1, -0.05) is 19.3 Å². The van der Waals surface area contributed by atoms with Crippen LogP contribution in [0.25, 0.3) is 11.0 Å². The van der Waals surface area contributed by atoms with Crippen molar-refractivity contribution in [2.24, 2.45) is 5.92 Å². The van der Waals surface area contributed by atoms with Crippen molar-refractivity contribution in [2.75, 3.05) is 12.4 Å². The molecule has 2 aromatic rings. The molecular weight excluding hydrogens is 288 g/mol. The number of aromatic nitrogens is 3. The summed E-state index contributed by atoms with van der Waals surface area (Å²) in [6, 6.07) is 2.07. The smallest absolute Gasteiger partial charge is 0.229 e. The highest BCUT2D eigenvalue weighted by atomic mass is 15.1. The van der Waals surface area contributed by atoms with Gasteiger partial charge in [0.05, 0.1) is 5.70 Å². The predicted molar refractivity (Wildman–Crippen MR) is 93.7 cm³/mol. The molecule has 0 saturated heterocycles. The summed E-state index contributed by atoms with van der Waals surface area (Å²) in [7, 11) is 1.80. The third kappa shape index (κ3) is 3.70. The van der Waals surface area contributed by atoms with Crippen molar-refractivity contribution in [3.05, 3.63) is 30.4 Å². The fourth-order valence-corrected chi connectivity index (χ4v) is 3.22. The van der Waals surface area contributed by atoms with Crippen LogP contribution in [0.4, 0.5) is 5.95 Å². The Bertz CT molecular complexity index is 696. The van der Waals surface area contributed by atoms with Gasteiger partial charge in [0.25, 0.3) is 0 Å². The maximum atomic E-state index is 7.40. The normalized spacial score (nSPS) is 16.5. The number of hydrogen-bond donors (Lipinski definition) is 3. The van der Waals surface area contributed by atoms with Crippen molar-refractivity contribution in [3.8, 4) is 0 Å². The van der Waals surface area contributed by atoms with Crippen molar-refractivity contribution < 1.29 is 0 Å². The van der Waals surface area contributed by atoms with E-state index in [-0.39, 0.29) is 0 Å². The molecule has 1 fully saturated rings. The van der Waals surface area contributed by atoms with Gasteiger partial charge in [-0.05, 0) is 24.8 Å². The second-order valence-electron chi connectivity index (χ2n) is 6.10. The first-order valence-electron chi connectivity index (χ1n) is 8.27. The van der Waals surface area contributed by atoms with Gasteiger partial charge in [0.2, 0.25) is 5.95 Å². The predicted octanol–water partition coefficient (Wildman–Crippen LogP) is 3.13. The van der Waals surface area contributed by atoms with Gasteiger partial charge in [0.1, 0.15) is 5.65 Å². The van der Waals surface area contributed by atoms with Crippen LogP contribution in [0, 0.1) is 11.3 Å². The lowest BCUT2D eigenvalue weighted by Crippen LogP contribution is -2.14. The molecule has 23 heavy (non-hydrogen) atoms. The molecule has 0 atom stereocenters. The number of allylic oxidation sites excluding steroid dienone is 1. The summed E-state index contributed by atoms with van der Waals surface area (Å²) in [5.41, 5.74) is 1.58. The van der Waals surface area contributed by atoms with E-state index in [4.69, 9.17) is 5.41 Å². The Morgan fingerprint density at radius 2 is 2.22 bits per heavy atom. The third-order valence-corrected chi connectivity index (χ3v) is 4.39. The molecule has 0 unspecified atom stereocenters. The highest BCUT2D eigenvalue weighted by Crippen LogP contribution is 2.26. The molecule has 2 aromatic heterocycles. The number of nitrogens with one attached hydrogen (secondary N) is 3. The molecule has 122 valence electrons. The number of rotatable bonds is 6. The van der Waals surface area contributed by atoms with Crippen LogP contribution in [0.15, 0.2) is 30.4 Å². The standard InChI is InChI=1S/C17H24N6/c1-19-11-15(9-18)21-17-20-10-14-7-8-23(16(14)22-17)12-13-5-3-2-4-6-13/h7-11,13,18-19H,2-6,12H2,1H3,(H,20,21,22)/b15-11+,18-9?. The molecule has 6 nitrogen and oxygen atoms in total. The van der Waals surface area contributed by atoms with E-state index in [0.717, 1.165) is 23.5 Å². The Morgan fingerprint density at radius 3 is 2.96 bits per heavy atom. The van der Waals surface area contributed by atoms with Crippen LogP contribution < -0.4 is 10.6 Å². The zero-order valence-corrected chi connectivity index (χ0v) is 13.5. The molecule has 3 N–H and O–H groups in total. The molecule has 0 aliphatic heterocycles. The second-order valence-corrected chi connectivity index (χ2v) is 6.10. The second kappa shape index (κ2) is 7.26. The molecule has 1 saturated carbocycles. The summed E-state index contributed by atoms with van der Waals surface area (Å²) in [6.07, 6.45) is 13.6. The maximum absolute atomic E-state index is 7.40. The Morgan fingerprint density at radius 1 is 1.39 bits per heavy atom. The molecule has 1 aliphatic carbocycles. The van der Waals surface area contributed by atoms with Crippen LogP contribution in [0.5, 0.6) is 0 Å². The minimum absolute atomic E-state index is 0.520. The molecule has 0 bridgehead atoms. The van der Waals surface area contributed by atoms with E-state index < -0.39 is 0 Å². The van der Waals surface area contributed by atoms with Gasteiger partial charge in [-0.25, -0.2) is 4.98 Å². The average molecular weight is 312 g/mol. The van der Waals surface area contributed by atoms with E-state index >= 15 is 0 Å². The topological polar surface area (TPSA) is 78.6 Å². The highest BCUT2D eigenvalue weighted by molar-refractivity contribution is 5.81. The summed E-state index contributed by atoms with van der Waals surface area (Å²) in [4.78, 5) is 8.97. The quantitative estimate of drug-likeness (QED) is 0.716. The largest absolute Gasteiger partial charge is 0.392 e. The first-order valence-corrected chi connectivity index (χ1v) is 8.27. The average Bonchev–Trinajstić information content (AvgIpc) is 2.98. The van der Waals surface area contributed by atoms with E-state index in [9.17, 15) is 0 Å². The third-order valence-electron chi connectivity index (χ3n) is 4.39. The van der Waals surface area contributed by atoms with Gasteiger partial charge in [-0.3, -0.25) is 0 Å². The SMILES string of the molecule is CN/C=C(\C=N)Nc1ncc2ccn(CC3CCCCC3)c2n1. The van der Waals surface area contributed by atoms with Gasteiger partial charge >= 0.3 is 0 Å². The number of hydrogen-bond acceptors (Lipinski definition) is 5. The molecular formula is C17H24N6. The van der Waals surface area contributed by atoms with Crippen LogP contribution in [-0.4, -0.2) is 27.8 Å². The molecule has 0 spiro atoms. The van der Waals surface area contributed by atoms with Gasteiger partial charge in [-0.2, -0.15) is 4.98 Å². The van der Waals surface area contributed by atoms with Crippen LogP contribution in [0.3, 0.4) is 0 Å². The first-order chi connectivity index (χ1) is 11.3. The van der Waals surface area contributed by atoms with Crippen molar-refractivity contribution in [2.45, 2.75) is 38.6 Å². The molecule has 1 aliphatic rings. The number of anilines is 1. The summed E-state index contributed by atoms with van der Waals surface area (Å²) < 4.78 is 2.24. The van der Waals surface area contributed by atoms with Gasteiger partial charge < -0.3 is 20.6 Å². The number of nitrogens with zero attached hydrogens (tertiary/aromatic N) is 3. The van der Waals surface area contributed by atoms with Gasteiger partial charge in [-0.15, -0.1) is 0 Å². The minimum atomic E-state index is 0.520. The van der Waals surface area contributed by atoms with Gasteiger partial charge in [0, 0.05) is 43.8 Å². The fraction of sp³-hybridized carbons (Fsp3) is 0.471. The van der Waals surface area contributed by atoms with E-state index in [1.54, 1.807) is 13.2 Å². The van der Waals surface area contributed by atoms with E-state index in [1.807, 2.05) is 6.20 Å². The lowest BCUT2D eigenvalue weighted by Gasteiger charge is -2.22. The molecule has 0 radical (unpaired) electrons. The first kappa shape index (κ1) is 15.5. The van der Waals surface area contributed by atoms with Crippen molar-refractivity contribution in [1.29, 1.82) is 5.41 Å². The highest BCUT2D eigenvalue weighted by Gasteiger charge is 2.15. The zero-order valence-electron chi connectivity index (χ0n) is 13.5. The lowest BCUT2D eigenvalue weighted by molar-refractivity contribution is 0.322. The van der Waals surface area contributed by atoms with E-state index in [0.29, 0.717) is 11.6 Å². The van der Waals surface area contributed by atoms with Crippen LogP contribution >= 0.6 is 0 Å². The van der Waals surface area contributed by atoms with Gasteiger partial charge in [0.15, 0.2) is 0 Å². The Labute approximate surface area is 136 Å². The fourth-order valence-electron chi connectivity index (χ4n) is 3.22. The molecule has 0 amide bonds. The van der Waals surface area contributed by atoms with Crippen molar-refractivity contribution in [1.82, 2.24) is 19.9 Å². The summed E-state index contributed by atoms with van der Waals surface area (Å²) in [6.45, 7) is 1.03. The zero-order chi connectivity index (χ0) is 16.1. The van der Waals surface area contributed by atoms with Crippen LogP contribution in [-0.2, 0) is 6.54 Å². The van der Waals surface area contributed by atoms with Crippen molar-refractivity contribution >= 4 is 23.2 Å². The van der Waals surface area contributed by atoms with E-state index in [1.165, 1.54) is 38.3 Å². The maximum Gasteiger partial charge on any atom is 0.229 e. The van der Waals surface area contributed by atoms with Crippen LogP contribution in [0.2, 0.25) is 0 Å². The number of fused-ring (bicyclic) bond motifs is 1. The summed E-state index contributed by atoms with van der Waals surface area (Å²) in [5.74, 6) is 1.28. The molecule has 0 aromatic carbocycles. The molecule has 6 heteroatoms. The lowest BCUT2D eigenvalue weighted by atomic mass is 9.89.